The van der Waals surface area contributed by atoms with E-state index >= 15 is 0 Å². The van der Waals surface area contributed by atoms with Crippen LogP contribution in [0.3, 0.4) is 0 Å². The molecule has 0 spiro atoms. The molecule has 11 heavy (non-hydrogen) atoms. The van der Waals surface area contributed by atoms with Crippen LogP contribution in [0.2, 0.25) is 0 Å². The van der Waals surface area contributed by atoms with E-state index < -0.39 is 0 Å². The molecule has 0 atom stereocenters. The van der Waals surface area contributed by atoms with Crippen LogP contribution >= 0.6 is 12.6 Å². The molecule has 0 heterocycles. The molecule has 0 N–H and O–H groups in total. The van der Waals surface area contributed by atoms with Crippen molar-refractivity contribution in [1.29, 1.82) is 0 Å². The highest BCUT2D eigenvalue weighted by molar-refractivity contribution is 7.80. The molecule has 0 radical (unpaired) electrons. The first-order valence-corrected chi connectivity index (χ1v) is 3.99. The Labute approximate surface area is 76.1 Å². The van der Waals surface area contributed by atoms with Gasteiger partial charge in [0.25, 0.3) is 0 Å². The van der Waals surface area contributed by atoms with E-state index in [0.29, 0.717) is 0 Å². The molecule has 0 nitrogen and oxygen atoms in total. The van der Waals surface area contributed by atoms with Crippen molar-refractivity contribution in [1.82, 2.24) is 0 Å². The second-order valence-electron chi connectivity index (χ2n) is 1.84. The maximum Gasteiger partial charge on any atom is 0.00426 e. The lowest BCUT2D eigenvalue weighted by Gasteiger charge is -1.89. The summed E-state index contributed by atoms with van der Waals surface area (Å²) in [5.74, 6) is 0. The number of rotatable bonds is 0. The minimum atomic E-state index is 0. The van der Waals surface area contributed by atoms with Gasteiger partial charge in [-0.05, 0) is 19.1 Å². The van der Waals surface area contributed by atoms with Gasteiger partial charge in [0.1, 0.15) is 0 Å². The van der Waals surface area contributed by atoms with Crippen LogP contribution in [0.5, 0.6) is 0 Å². The summed E-state index contributed by atoms with van der Waals surface area (Å²) in [4.78, 5) is 1.03. The summed E-state index contributed by atoms with van der Waals surface area (Å²) >= 11 is 4.15. The van der Waals surface area contributed by atoms with Gasteiger partial charge < -0.3 is 0 Å². The summed E-state index contributed by atoms with van der Waals surface area (Å²) in [6, 6.07) is 8.05. The van der Waals surface area contributed by atoms with Crippen molar-refractivity contribution >= 4 is 12.6 Å². The summed E-state index contributed by atoms with van der Waals surface area (Å²) in [6.45, 7) is 6.06. The van der Waals surface area contributed by atoms with E-state index in [1.54, 1.807) is 0 Å². The molecule has 0 aromatic heterocycles. The lowest BCUT2D eigenvalue weighted by molar-refractivity contribution is 1.37. The highest BCUT2D eigenvalue weighted by Gasteiger charge is 1.81. The average molecular weight is 170 g/mol. The lowest BCUT2D eigenvalue weighted by Crippen LogP contribution is -1.67. The lowest BCUT2D eigenvalue weighted by atomic mass is 10.2. The third-order valence-corrected chi connectivity index (χ3v) is 1.28. The van der Waals surface area contributed by atoms with Gasteiger partial charge in [0.05, 0.1) is 0 Å². The van der Waals surface area contributed by atoms with Gasteiger partial charge in [-0.1, -0.05) is 39.0 Å². The normalized spacial score (nSPS) is 7.27. The van der Waals surface area contributed by atoms with Crippen LogP contribution in [-0.2, 0) is 0 Å². The third kappa shape index (κ3) is 5.99. The number of hydrogen-bond donors (Lipinski definition) is 1. The van der Waals surface area contributed by atoms with Crippen LogP contribution in [-0.4, -0.2) is 0 Å². The first kappa shape index (κ1) is 13.2. The first-order chi connectivity index (χ1) is 4.79. The molecule has 1 rings (SSSR count). The molecule has 0 unspecified atom stereocenters. The van der Waals surface area contributed by atoms with Crippen LogP contribution in [0.4, 0.5) is 0 Å². The molecule has 0 saturated heterocycles. The molecule has 0 aliphatic heterocycles. The summed E-state index contributed by atoms with van der Waals surface area (Å²) < 4.78 is 0. The molecule has 0 bridgehead atoms. The van der Waals surface area contributed by atoms with E-state index in [1.165, 1.54) is 5.56 Å². The highest BCUT2D eigenvalue weighted by Crippen LogP contribution is 2.06. The third-order valence-electron chi connectivity index (χ3n) is 1.00. The van der Waals surface area contributed by atoms with Gasteiger partial charge in [0.2, 0.25) is 0 Å². The van der Waals surface area contributed by atoms with Crippen LogP contribution in [0.15, 0.2) is 29.2 Å². The Morgan fingerprint density at radius 2 is 1.73 bits per heavy atom. The summed E-state index contributed by atoms with van der Waals surface area (Å²) in [7, 11) is 0. The Balaban J connectivity index is 0. The minimum Gasteiger partial charge on any atom is -0.143 e. The topological polar surface area (TPSA) is 0 Å². The second kappa shape index (κ2) is 7.67. The molecule has 1 heteroatoms. The molecule has 0 aliphatic rings. The van der Waals surface area contributed by atoms with E-state index in [-0.39, 0.29) is 7.43 Å². The van der Waals surface area contributed by atoms with Gasteiger partial charge in [-0.15, -0.1) is 12.6 Å². The SMILES string of the molecule is C.CC.Cc1cccc(S)c1. The van der Waals surface area contributed by atoms with Gasteiger partial charge in [-0.25, -0.2) is 0 Å². The molecule has 64 valence electrons. The van der Waals surface area contributed by atoms with Crippen molar-refractivity contribution in [3.63, 3.8) is 0 Å². The molecular formula is C10H18S. The fourth-order valence-corrected chi connectivity index (χ4v) is 0.918. The Bertz CT molecular complexity index is 165. The molecule has 1 aromatic rings. The van der Waals surface area contributed by atoms with Crippen molar-refractivity contribution in [2.24, 2.45) is 0 Å². The Kier molecular flexibility index (Phi) is 9.20. The molecule has 0 amide bonds. The number of hydrogen-bond acceptors (Lipinski definition) is 1. The number of aryl methyl sites for hydroxylation is 1. The summed E-state index contributed by atoms with van der Waals surface area (Å²) in [5.41, 5.74) is 1.26. The maximum absolute atomic E-state index is 4.15. The van der Waals surface area contributed by atoms with Crippen molar-refractivity contribution < 1.29 is 0 Å². The molecule has 1 aromatic carbocycles. The fraction of sp³-hybridized carbons (Fsp3) is 0.400. The zero-order valence-electron chi connectivity index (χ0n) is 6.76. The van der Waals surface area contributed by atoms with E-state index in [1.807, 2.05) is 32.0 Å². The molecule has 0 aliphatic carbocycles. The largest absolute Gasteiger partial charge is 0.143 e. The average Bonchev–Trinajstić information content (AvgIpc) is 1.91. The zero-order valence-corrected chi connectivity index (χ0v) is 7.65. The van der Waals surface area contributed by atoms with Crippen LogP contribution < -0.4 is 0 Å². The minimum absolute atomic E-state index is 0. The molecule has 0 saturated carbocycles. The van der Waals surface area contributed by atoms with Crippen molar-refractivity contribution in [3.05, 3.63) is 29.8 Å². The van der Waals surface area contributed by atoms with Crippen molar-refractivity contribution in [3.8, 4) is 0 Å². The molecule has 0 fully saturated rings. The number of thiol groups is 1. The summed E-state index contributed by atoms with van der Waals surface area (Å²) in [5, 5.41) is 0. The fourth-order valence-electron chi connectivity index (χ4n) is 0.628. The van der Waals surface area contributed by atoms with Crippen LogP contribution in [0, 0.1) is 6.92 Å². The maximum atomic E-state index is 4.15. The van der Waals surface area contributed by atoms with Crippen LogP contribution in [0.1, 0.15) is 26.8 Å². The predicted molar refractivity (Wildman–Crippen MR) is 56.5 cm³/mol. The summed E-state index contributed by atoms with van der Waals surface area (Å²) in [6.07, 6.45) is 0. The monoisotopic (exact) mass is 170 g/mol. The first-order valence-electron chi connectivity index (χ1n) is 3.54. The smallest absolute Gasteiger partial charge is 0.00426 e. The predicted octanol–water partition coefficient (Wildman–Crippen LogP) is 3.95. The second-order valence-corrected chi connectivity index (χ2v) is 2.36. The molecular weight excluding hydrogens is 152 g/mol. The van der Waals surface area contributed by atoms with Gasteiger partial charge in [0, 0.05) is 4.90 Å². The van der Waals surface area contributed by atoms with E-state index in [0.717, 1.165) is 4.90 Å². The van der Waals surface area contributed by atoms with E-state index in [2.05, 4.69) is 25.6 Å². The van der Waals surface area contributed by atoms with E-state index in [4.69, 9.17) is 0 Å². The van der Waals surface area contributed by atoms with Gasteiger partial charge >= 0.3 is 0 Å². The Hall–Kier alpha value is -0.430. The highest BCUT2D eigenvalue weighted by atomic mass is 32.1. The van der Waals surface area contributed by atoms with Crippen molar-refractivity contribution in [2.45, 2.75) is 33.1 Å². The van der Waals surface area contributed by atoms with Crippen LogP contribution in [0.25, 0.3) is 0 Å². The number of benzene rings is 1. The zero-order chi connectivity index (χ0) is 7.98. The Morgan fingerprint density at radius 3 is 2.00 bits per heavy atom. The van der Waals surface area contributed by atoms with Gasteiger partial charge in [0.15, 0.2) is 0 Å². The quantitative estimate of drug-likeness (QED) is 0.560. The van der Waals surface area contributed by atoms with Gasteiger partial charge in [-0.3, -0.25) is 0 Å². The Morgan fingerprint density at radius 1 is 1.18 bits per heavy atom. The van der Waals surface area contributed by atoms with E-state index in [9.17, 15) is 0 Å². The standard InChI is InChI=1S/C7H8S.C2H6.CH4/c1-6-3-2-4-7(8)5-6;1-2;/h2-5,8H,1H3;1-2H3;1H4. The van der Waals surface area contributed by atoms with Crippen molar-refractivity contribution in [2.75, 3.05) is 0 Å². The van der Waals surface area contributed by atoms with Gasteiger partial charge in [-0.2, -0.15) is 0 Å².